The molecule has 0 aliphatic heterocycles. The number of hydrogen-bond acceptors (Lipinski definition) is 3. The molecule has 5 nitrogen and oxygen atoms in total. The topological polar surface area (TPSA) is 83.5 Å². The van der Waals surface area contributed by atoms with Gasteiger partial charge in [0.25, 0.3) is 0 Å². The summed E-state index contributed by atoms with van der Waals surface area (Å²) in [4.78, 5) is 10.2. The van der Waals surface area contributed by atoms with Crippen molar-refractivity contribution >= 4 is 16.0 Å². The van der Waals surface area contributed by atoms with Crippen molar-refractivity contribution in [3.63, 3.8) is 0 Å². The van der Waals surface area contributed by atoms with E-state index in [9.17, 15) is 13.2 Å². The molecule has 88 valence electrons. The van der Waals surface area contributed by atoms with Crippen molar-refractivity contribution in [1.82, 2.24) is 4.72 Å². The number of unbranched alkanes of at least 4 members (excludes halogenated alkanes) is 2. The average molecular weight is 235 g/mol. The van der Waals surface area contributed by atoms with Gasteiger partial charge in [-0.2, -0.15) is 0 Å². The summed E-state index contributed by atoms with van der Waals surface area (Å²) >= 11 is 0. The Morgan fingerprint density at radius 2 is 1.93 bits per heavy atom. The maximum absolute atomic E-state index is 11.3. The van der Waals surface area contributed by atoms with Crippen LogP contribution < -0.4 is 4.72 Å². The van der Waals surface area contributed by atoms with Crippen LogP contribution in [-0.4, -0.2) is 31.3 Å². The van der Waals surface area contributed by atoms with Crippen molar-refractivity contribution in [2.45, 2.75) is 43.8 Å². The van der Waals surface area contributed by atoms with Gasteiger partial charge in [0.2, 0.25) is 10.0 Å². The van der Waals surface area contributed by atoms with Crippen LogP contribution in [0, 0.1) is 0 Å². The van der Waals surface area contributed by atoms with Crippen molar-refractivity contribution < 1.29 is 18.3 Å². The van der Waals surface area contributed by atoms with E-state index >= 15 is 0 Å². The predicted octanol–water partition coefficient (Wildman–Crippen LogP) is 0.713. The molecule has 0 heterocycles. The smallest absolute Gasteiger partial charge is 0.303 e. The van der Waals surface area contributed by atoms with Gasteiger partial charge in [0.15, 0.2) is 0 Å². The van der Waals surface area contributed by atoms with E-state index in [1.165, 1.54) is 0 Å². The highest BCUT2D eigenvalue weighted by Gasteiger charge is 2.34. The summed E-state index contributed by atoms with van der Waals surface area (Å²) in [6.45, 7) is 0.429. The van der Waals surface area contributed by atoms with Gasteiger partial charge in [-0.25, -0.2) is 13.1 Å². The lowest BCUT2D eigenvalue weighted by atomic mass is 10.2. The van der Waals surface area contributed by atoms with Gasteiger partial charge < -0.3 is 5.11 Å². The second kappa shape index (κ2) is 5.46. The Morgan fingerprint density at radius 1 is 1.27 bits per heavy atom. The largest absolute Gasteiger partial charge is 0.481 e. The molecule has 1 saturated carbocycles. The summed E-state index contributed by atoms with van der Waals surface area (Å²) < 4.78 is 25.2. The van der Waals surface area contributed by atoms with Crippen LogP contribution >= 0.6 is 0 Å². The molecule has 0 aromatic heterocycles. The molecular weight excluding hydrogens is 218 g/mol. The Balaban J connectivity index is 1.99. The van der Waals surface area contributed by atoms with Crippen LogP contribution in [0.5, 0.6) is 0 Å². The Labute approximate surface area is 89.9 Å². The zero-order valence-corrected chi connectivity index (χ0v) is 9.42. The first-order chi connectivity index (χ1) is 7.02. The lowest BCUT2D eigenvalue weighted by molar-refractivity contribution is -0.137. The molecule has 0 radical (unpaired) electrons. The fraction of sp³-hybridized carbons (Fsp3) is 0.889. The SMILES string of the molecule is O=C(O)CCCCCNS(=O)(=O)C1CC1. The van der Waals surface area contributed by atoms with E-state index in [0.29, 0.717) is 19.4 Å². The molecule has 1 rings (SSSR count). The molecule has 1 aliphatic rings. The predicted molar refractivity (Wildman–Crippen MR) is 56.0 cm³/mol. The maximum Gasteiger partial charge on any atom is 0.303 e. The van der Waals surface area contributed by atoms with Crippen molar-refractivity contribution in [3.05, 3.63) is 0 Å². The van der Waals surface area contributed by atoms with E-state index in [2.05, 4.69) is 4.72 Å². The number of sulfonamides is 1. The number of hydrogen-bond donors (Lipinski definition) is 2. The van der Waals surface area contributed by atoms with Gasteiger partial charge in [0.05, 0.1) is 5.25 Å². The Hall–Kier alpha value is -0.620. The minimum atomic E-state index is -3.06. The molecule has 1 fully saturated rings. The van der Waals surface area contributed by atoms with E-state index in [1.54, 1.807) is 0 Å². The van der Waals surface area contributed by atoms with Crippen LogP contribution in [0.25, 0.3) is 0 Å². The first-order valence-corrected chi connectivity index (χ1v) is 6.77. The lowest BCUT2D eigenvalue weighted by Gasteiger charge is -2.04. The third kappa shape index (κ3) is 5.13. The molecule has 0 saturated heterocycles. The molecule has 0 bridgehead atoms. The number of aliphatic carboxylic acids is 1. The molecule has 0 aromatic rings. The van der Waals surface area contributed by atoms with E-state index in [4.69, 9.17) is 5.11 Å². The van der Waals surface area contributed by atoms with Crippen molar-refractivity contribution in [2.24, 2.45) is 0 Å². The highest BCUT2D eigenvalue weighted by atomic mass is 32.2. The van der Waals surface area contributed by atoms with Gasteiger partial charge in [-0.05, 0) is 25.7 Å². The summed E-state index contributed by atoms with van der Waals surface area (Å²) in [5.74, 6) is -0.798. The van der Waals surface area contributed by atoms with Crippen LogP contribution in [0.2, 0.25) is 0 Å². The van der Waals surface area contributed by atoms with Gasteiger partial charge in [-0.15, -0.1) is 0 Å². The van der Waals surface area contributed by atoms with Crippen LogP contribution in [0.4, 0.5) is 0 Å². The fourth-order valence-corrected chi connectivity index (χ4v) is 2.71. The third-order valence-electron chi connectivity index (χ3n) is 2.33. The van der Waals surface area contributed by atoms with Gasteiger partial charge in [0.1, 0.15) is 0 Å². The first kappa shape index (κ1) is 12.4. The minimum Gasteiger partial charge on any atom is -0.481 e. The normalized spacial score (nSPS) is 16.5. The van der Waals surface area contributed by atoms with E-state index in [1.807, 2.05) is 0 Å². The van der Waals surface area contributed by atoms with Gasteiger partial charge in [0, 0.05) is 13.0 Å². The van der Waals surface area contributed by atoms with Crippen LogP contribution in [0.15, 0.2) is 0 Å². The summed E-state index contributed by atoms with van der Waals surface area (Å²) in [6.07, 6.45) is 3.78. The monoisotopic (exact) mass is 235 g/mol. The quantitative estimate of drug-likeness (QED) is 0.607. The van der Waals surface area contributed by atoms with Crippen LogP contribution in [0.1, 0.15) is 38.5 Å². The molecule has 6 heteroatoms. The summed E-state index contributed by atoms with van der Waals surface area (Å²) in [5, 5.41) is 8.20. The molecule has 0 amide bonds. The zero-order valence-electron chi connectivity index (χ0n) is 8.61. The summed E-state index contributed by atoms with van der Waals surface area (Å²) in [7, 11) is -3.06. The van der Waals surface area contributed by atoms with E-state index in [0.717, 1.165) is 19.3 Å². The molecule has 1 aliphatic carbocycles. The molecule has 0 spiro atoms. The molecular formula is C9H17NO4S. The number of carboxylic acids is 1. The lowest BCUT2D eigenvalue weighted by Crippen LogP contribution is -2.28. The van der Waals surface area contributed by atoms with Crippen LogP contribution in [0.3, 0.4) is 0 Å². The summed E-state index contributed by atoms with van der Waals surface area (Å²) in [5.41, 5.74) is 0. The van der Waals surface area contributed by atoms with Gasteiger partial charge in [-0.1, -0.05) is 6.42 Å². The maximum atomic E-state index is 11.3. The molecule has 0 atom stereocenters. The number of nitrogens with one attached hydrogen (secondary N) is 1. The number of carboxylic acid groups (broad SMARTS) is 1. The van der Waals surface area contributed by atoms with Crippen molar-refractivity contribution in [3.8, 4) is 0 Å². The number of carbonyl (C=O) groups is 1. The zero-order chi connectivity index (χ0) is 11.3. The molecule has 0 aromatic carbocycles. The fourth-order valence-electron chi connectivity index (χ4n) is 1.29. The van der Waals surface area contributed by atoms with E-state index in [-0.39, 0.29) is 11.7 Å². The average Bonchev–Trinajstić information content (AvgIpc) is 2.93. The molecule has 0 unspecified atom stereocenters. The second-order valence-corrected chi connectivity index (χ2v) is 5.89. The Morgan fingerprint density at radius 3 is 2.47 bits per heavy atom. The number of rotatable bonds is 8. The molecule has 2 N–H and O–H groups in total. The minimum absolute atomic E-state index is 0.162. The van der Waals surface area contributed by atoms with E-state index < -0.39 is 16.0 Å². The van der Waals surface area contributed by atoms with Crippen molar-refractivity contribution in [2.75, 3.05) is 6.54 Å². The Kier molecular flexibility index (Phi) is 4.53. The molecule has 15 heavy (non-hydrogen) atoms. The summed E-state index contributed by atoms with van der Waals surface area (Å²) in [6, 6.07) is 0. The first-order valence-electron chi connectivity index (χ1n) is 5.22. The third-order valence-corrected chi connectivity index (χ3v) is 4.29. The highest BCUT2D eigenvalue weighted by Crippen LogP contribution is 2.27. The van der Waals surface area contributed by atoms with Crippen molar-refractivity contribution in [1.29, 1.82) is 0 Å². The highest BCUT2D eigenvalue weighted by molar-refractivity contribution is 7.90. The standard InChI is InChI=1S/C9H17NO4S/c11-9(12)4-2-1-3-7-10-15(13,14)8-5-6-8/h8,10H,1-7H2,(H,11,12). The van der Waals surface area contributed by atoms with Crippen LogP contribution in [-0.2, 0) is 14.8 Å². The van der Waals surface area contributed by atoms with Gasteiger partial charge in [-0.3, -0.25) is 4.79 Å². The van der Waals surface area contributed by atoms with Gasteiger partial charge >= 0.3 is 5.97 Å². The Bertz CT molecular complexity index is 308. The second-order valence-electron chi connectivity index (χ2n) is 3.84.